The van der Waals surface area contributed by atoms with Crippen LogP contribution in [0, 0.1) is 3.57 Å². The highest BCUT2D eigenvalue weighted by molar-refractivity contribution is 14.1. The molecule has 0 bridgehead atoms. The van der Waals surface area contributed by atoms with Crippen molar-refractivity contribution in [2.75, 3.05) is 7.11 Å². The number of methoxy groups -OCH3 is 1. The van der Waals surface area contributed by atoms with Crippen molar-refractivity contribution in [3.8, 4) is 16.9 Å². The van der Waals surface area contributed by atoms with E-state index in [9.17, 15) is 0 Å². The van der Waals surface area contributed by atoms with Gasteiger partial charge in [0.15, 0.2) is 0 Å². The average molecular weight is 390 g/mol. The third-order valence-corrected chi connectivity index (χ3v) is 3.99. The van der Waals surface area contributed by atoms with Gasteiger partial charge < -0.3 is 4.74 Å². The predicted molar refractivity (Wildman–Crippen MR) is 92.5 cm³/mol. The minimum absolute atomic E-state index is 0.702. The Kier molecular flexibility index (Phi) is 4.24. The molecular weight excluding hydrogens is 375 g/mol. The Labute approximate surface area is 137 Å². The van der Waals surface area contributed by atoms with Crippen molar-refractivity contribution < 1.29 is 4.74 Å². The van der Waals surface area contributed by atoms with E-state index >= 15 is 0 Å². The van der Waals surface area contributed by atoms with Crippen LogP contribution in [0.2, 0.25) is 0 Å². The van der Waals surface area contributed by atoms with Crippen molar-refractivity contribution in [1.82, 2.24) is 9.78 Å². The number of aromatic nitrogens is 2. The quantitative estimate of drug-likeness (QED) is 0.624. The second-order valence-corrected chi connectivity index (χ2v) is 5.99. The second-order valence-electron chi connectivity index (χ2n) is 4.75. The van der Waals surface area contributed by atoms with Crippen molar-refractivity contribution in [3.05, 3.63) is 70.1 Å². The summed E-state index contributed by atoms with van der Waals surface area (Å²) in [4.78, 5) is 0. The lowest BCUT2D eigenvalue weighted by molar-refractivity contribution is 0.407. The molecule has 0 unspecified atom stereocenters. The summed E-state index contributed by atoms with van der Waals surface area (Å²) in [7, 11) is 1.69. The van der Waals surface area contributed by atoms with Gasteiger partial charge >= 0.3 is 0 Å². The SMILES string of the molecule is COc1ccccc1Cn1cc(-c2cccc(I)c2)cn1. The zero-order chi connectivity index (χ0) is 14.7. The zero-order valence-corrected chi connectivity index (χ0v) is 13.8. The number of ether oxygens (including phenoxy) is 1. The van der Waals surface area contributed by atoms with Crippen LogP contribution in [0.1, 0.15) is 5.56 Å². The van der Waals surface area contributed by atoms with Gasteiger partial charge in [-0.1, -0.05) is 30.3 Å². The van der Waals surface area contributed by atoms with Crippen LogP contribution in [-0.2, 0) is 6.54 Å². The molecule has 4 heteroatoms. The monoisotopic (exact) mass is 390 g/mol. The van der Waals surface area contributed by atoms with E-state index in [0.29, 0.717) is 6.54 Å². The van der Waals surface area contributed by atoms with Crippen LogP contribution in [0.25, 0.3) is 11.1 Å². The van der Waals surface area contributed by atoms with E-state index in [-0.39, 0.29) is 0 Å². The van der Waals surface area contributed by atoms with Gasteiger partial charge in [0.25, 0.3) is 0 Å². The van der Waals surface area contributed by atoms with Gasteiger partial charge in [0.05, 0.1) is 19.9 Å². The number of hydrogen-bond donors (Lipinski definition) is 0. The van der Waals surface area contributed by atoms with E-state index in [4.69, 9.17) is 4.74 Å². The van der Waals surface area contributed by atoms with Crippen molar-refractivity contribution >= 4 is 22.6 Å². The van der Waals surface area contributed by atoms with E-state index < -0.39 is 0 Å². The van der Waals surface area contributed by atoms with Gasteiger partial charge in [-0.2, -0.15) is 5.10 Å². The third kappa shape index (κ3) is 3.26. The molecule has 1 aromatic heterocycles. The average Bonchev–Trinajstić information content (AvgIpc) is 2.96. The molecule has 21 heavy (non-hydrogen) atoms. The molecule has 0 saturated carbocycles. The number of nitrogens with zero attached hydrogens (tertiary/aromatic N) is 2. The Morgan fingerprint density at radius 1 is 1.10 bits per heavy atom. The molecule has 0 N–H and O–H groups in total. The van der Waals surface area contributed by atoms with E-state index in [0.717, 1.165) is 16.9 Å². The Morgan fingerprint density at radius 2 is 1.95 bits per heavy atom. The lowest BCUT2D eigenvalue weighted by atomic mass is 10.1. The second kappa shape index (κ2) is 6.30. The van der Waals surface area contributed by atoms with Gasteiger partial charge in [0, 0.05) is 20.9 Å². The molecule has 0 amide bonds. The highest BCUT2D eigenvalue weighted by Crippen LogP contribution is 2.22. The Balaban J connectivity index is 1.85. The molecule has 3 rings (SSSR count). The molecule has 1 heterocycles. The van der Waals surface area contributed by atoms with Gasteiger partial charge in [0.1, 0.15) is 5.75 Å². The fourth-order valence-corrected chi connectivity index (χ4v) is 2.82. The lowest BCUT2D eigenvalue weighted by Crippen LogP contribution is -2.01. The summed E-state index contributed by atoms with van der Waals surface area (Å²) in [6.07, 6.45) is 3.97. The predicted octanol–water partition coefficient (Wildman–Crippen LogP) is 4.21. The Hall–Kier alpha value is -1.82. The minimum Gasteiger partial charge on any atom is -0.496 e. The molecule has 0 fully saturated rings. The van der Waals surface area contributed by atoms with Crippen molar-refractivity contribution in [2.24, 2.45) is 0 Å². The first-order valence-electron chi connectivity index (χ1n) is 6.66. The number of halogens is 1. The first-order chi connectivity index (χ1) is 10.3. The van der Waals surface area contributed by atoms with Gasteiger partial charge in [-0.15, -0.1) is 0 Å². The summed E-state index contributed by atoms with van der Waals surface area (Å²) in [6.45, 7) is 0.702. The molecule has 3 nitrogen and oxygen atoms in total. The smallest absolute Gasteiger partial charge is 0.123 e. The van der Waals surface area contributed by atoms with Gasteiger partial charge in [-0.3, -0.25) is 4.68 Å². The number of hydrogen-bond acceptors (Lipinski definition) is 2. The minimum atomic E-state index is 0.702. The van der Waals surface area contributed by atoms with Crippen LogP contribution in [0.15, 0.2) is 60.9 Å². The van der Waals surface area contributed by atoms with Crippen LogP contribution in [0.3, 0.4) is 0 Å². The topological polar surface area (TPSA) is 27.1 Å². The summed E-state index contributed by atoms with van der Waals surface area (Å²) in [6, 6.07) is 16.4. The highest BCUT2D eigenvalue weighted by atomic mass is 127. The van der Waals surface area contributed by atoms with Crippen molar-refractivity contribution in [1.29, 1.82) is 0 Å². The number of rotatable bonds is 4. The lowest BCUT2D eigenvalue weighted by Gasteiger charge is -2.07. The molecule has 0 aliphatic heterocycles. The number of para-hydroxylation sites is 1. The van der Waals surface area contributed by atoms with Gasteiger partial charge in [-0.25, -0.2) is 0 Å². The van der Waals surface area contributed by atoms with Crippen molar-refractivity contribution in [3.63, 3.8) is 0 Å². The Morgan fingerprint density at radius 3 is 2.76 bits per heavy atom. The van der Waals surface area contributed by atoms with Crippen LogP contribution >= 0.6 is 22.6 Å². The molecule has 106 valence electrons. The number of benzene rings is 2. The van der Waals surface area contributed by atoms with E-state index in [1.165, 1.54) is 9.13 Å². The zero-order valence-electron chi connectivity index (χ0n) is 11.7. The van der Waals surface area contributed by atoms with E-state index in [1.807, 2.05) is 29.1 Å². The maximum Gasteiger partial charge on any atom is 0.123 e. The molecule has 3 aromatic rings. The maximum atomic E-state index is 5.38. The molecule has 2 aromatic carbocycles. The molecule has 0 aliphatic rings. The Bertz CT molecular complexity index is 752. The summed E-state index contributed by atoms with van der Waals surface area (Å²) in [5.74, 6) is 0.892. The van der Waals surface area contributed by atoms with Gasteiger partial charge in [-0.05, 0) is 46.4 Å². The molecule has 0 aliphatic carbocycles. The maximum absolute atomic E-state index is 5.38. The summed E-state index contributed by atoms with van der Waals surface area (Å²) in [5.41, 5.74) is 3.44. The molecule has 0 spiro atoms. The van der Waals surface area contributed by atoms with Crippen LogP contribution in [0.5, 0.6) is 5.75 Å². The first-order valence-corrected chi connectivity index (χ1v) is 7.74. The third-order valence-electron chi connectivity index (χ3n) is 3.32. The summed E-state index contributed by atoms with van der Waals surface area (Å²) < 4.78 is 8.54. The first kappa shape index (κ1) is 14.1. The molecule has 0 atom stereocenters. The summed E-state index contributed by atoms with van der Waals surface area (Å²) in [5, 5.41) is 4.45. The normalized spacial score (nSPS) is 10.6. The fraction of sp³-hybridized carbons (Fsp3) is 0.118. The molecule has 0 saturated heterocycles. The van der Waals surface area contributed by atoms with Crippen LogP contribution < -0.4 is 4.74 Å². The van der Waals surface area contributed by atoms with Gasteiger partial charge in [0.2, 0.25) is 0 Å². The van der Waals surface area contributed by atoms with Crippen LogP contribution in [0.4, 0.5) is 0 Å². The standard InChI is InChI=1S/C17H15IN2O/c1-21-17-8-3-2-5-14(17)11-20-12-15(10-19-20)13-6-4-7-16(18)9-13/h2-10,12H,11H2,1H3. The van der Waals surface area contributed by atoms with Crippen LogP contribution in [-0.4, -0.2) is 16.9 Å². The fourth-order valence-electron chi connectivity index (χ4n) is 2.28. The van der Waals surface area contributed by atoms with Crippen molar-refractivity contribution in [2.45, 2.75) is 6.54 Å². The molecule has 0 radical (unpaired) electrons. The summed E-state index contributed by atoms with van der Waals surface area (Å²) >= 11 is 2.32. The van der Waals surface area contributed by atoms with E-state index in [2.05, 4.69) is 64.2 Å². The highest BCUT2D eigenvalue weighted by Gasteiger charge is 2.06. The van der Waals surface area contributed by atoms with E-state index in [1.54, 1.807) is 7.11 Å². The largest absolute Gasteiger partial charge is 0.496 e. The molecular formula is C17H15IN2O.